The van der Waals surface area contributed by atoms with E-state index in [1.807, 2.05) is 0 Å². The van der Waals surface area contributed by atoms with Crippen LogP contribution in [0.1, 0.15) is 16.8 Å². The van der Waals surface area contributed by atoms with Crippen molar-refractivity contribution < 1.29 is 14.3 Å². The van der Waals surface area contributed by atoms with E-state index in [-0.39, 0.29) is 22.7 Å². The maximum Gasteiger partial charge on any atom is 0.340 e. The molecule has 0 radical (unpaired) electrons. The van der Waals surface area contributed by atoms with Gasteiger partial charge in [0.2, 0.25) is 5.91 Å². The van der Waals surface area contributed by atoms with Gasteiger partial charge in [-0.1, -0.05) is 17.7 Å². The van der Waals surface area contributed by atoms with E-state index in [0.717, 1.165) is 0 Å². The Morgan fingerprint density at radius 3 is 2.82 bits per heavy atom. The van der Waals surface area contributed by atoms with Crippen molar-refractivity contribution in [1.29, 1.82) is 5.26 Å². The maximum atomic E-state index is 11.4. The van der Waals surface area contributed by atoms with Crippen molar-refractivity contribution >= 4 is 29.2 Å². The first-order valence-electron chi connectivity index (χ1n) is 4.63. The van der Waals surface area contributed by atoms with Crippen molar-refractivity contribution in [2.45, 2.75) is 6.42 Å². The number of rotatable bonds is 3. The van der Waals surface area contributed by atoms with E-state index in [9.17, 15) is 9.59 Å². The minimum Gasteiger partial charge on any atom is -0.465 e. The summed E-state index contributed by atoms with van der Waals surface area (Å²) in [7, 11) is 1.23. The summed E-state index contributed by atoms with van der Waals surface area (Å²) in [6, 6.07) is 6.26. The Morgan fingerprint density at radius 2 is 2.24 bits per heavy atom. The fraction of sp³-hybridized carbons (Fsp3) is 0.182. The van der Waals surface area contributed by atoms with Crippen molar-refractivity contribution in [3.8, 4) is 6.07 Å². The van der Waals surface area contributed by atoms with Crippen molar-refractivity contribution in [3.05, 3.63) is 28.8 Å². The molecule has 1 rings (SSSR count). The molecule has 1 aromatic carbocycles. The fourth-order valence-corrected chi connectivity index (χ4v) is 1.41. The molecular formula is C11H9ClN2O3. The molecular weight excluding hydrogens is 244 g/mol. The first kappa shape index (κ1) is 13.0. The van der Waals surface area contributed by atoms with Gasteiger partial charge in [-0.05, 0) is 12.1 Å². The normalized spacial score (nSPS) is 9.24. The Kier molecular flexibility index (Phi) is 4.49. The molecule has 1 amide bonds. The maximum absolute atomic E-state index is 11.4. The number of nitrogens with zero attached hydrogens (tertiary/aromatic N) is 1. The lowest BCUT2D eigenvalue weighted by Gasteiger charge is -2.10. The van der Waals surface area contributed by atoms with Gasteiger partial charge >= 0.3 is 5.97 Å². The molecule has 6 heteroatoms. The summed E-state index contributed by atoms with van der Waals surface area (Å²) in [5.74, 6) is -1.15. The molecule has 0 atom stereocenters. The first-order chi connectivity index (χ1) is 8.10. The zero-order chi connectivity index (χ0) is 12.8. The van der Waals surface area contributed by atoms with Crippen molar-refractivity contribution in [2.24, 2.45) is 0 Å². The fourth-order valence-electron chi connectivity index (χ4n) is 1.19. The Labute approximate surface area is 103 Å². The lowest BCUT2D eigenvalue weighted by molar-refractivity contribution is -0.115. The third kappa shape index (κ3) is 3.20. The highest BCUT2D eigenvalue weighted by atomic mass is 35.5. The van der Waals surface area contributed by atoms with E-state index < -0.39 is 11.9 Å². The molecule has 1 N–H and O–H groups in total. The number of hydrogen-bond donors (Lipinski definition) is 1. The van der Waals surface area contributed by atoms with E-state index in [0.29, 0.717) is 0 Å². The number of nitrogens with one attached hydrogen (secondary N) is 1. The third-order valence-electron chi connectivity index (χ3n) is 1.92. The van der Waals surface area contributed by atoms with E-state index in [1.165, 1.54) is 19.2 Å². The number of amides is 1. The predicted molar refractivity (Wildman–Crippen MR) is 61.7 cm³/mol. The zero-order valence-corrected chi connectivity index (χ0v) is 9.75. The molecule has 0 aliphatic heterocycles. The van der Waals surface area contributed by atoms with Gasteiger partial charge < -0.3 is 10.1 Å². The van der Waals surface area contributed by atoms with Gasteiger partial charge in [0.15, 0.2) is 0 Å². The number of hydrogen-bond acceptors (Lipinski definition) is 4. The Hall–Kier alpha value is -2.06. The second-order valence-electron chi connectivity index (χ2n) is 3.04. The number of para-hydroxylation sites is 1. The molecule has 17 heavy (non-hydrogen) atoms. The topological polar surface area (TPSA) is 79.2 Å². The standard InChI is InChI=1S/C11H9ClN2O3/c1-17-11(16)7-3-2-4-8(12)10(7)14-9(15)5-6-13/h2-4H,5H2,1H3,(H,14,15). The average molecular weight is 253 g/mol. The van der Waals surface area contributed by atoms with Crippen LogP contribution >= 0.6 is 11.6 Å². The third-order valence-corrected chi connectivity index (χ3v) is 2.24. The molecule has 1 aromatic rings. The van der Waals surface area contributed by atoms with Crippen molar-refractivity contribution in [2.75, 3.05) is 12.4 Å². The van der Waals surface area contributed by atoms with Gasteiger partial charge in [-0.15, -0.1) is 0 Å². The highest BCUT2D eigenvalue weighted by molar-refractivity contribution is 6.34. The van der Waals surface area contributed by atoms with Crippen LogP contribution in [-0.4, -0.2) is 19.0 Å². The number of anilines is 1. The summed E-state index contributed by atoms with van der Waals surface area (Å²) in [5, 5.41) is 11.0. The van der Waals surface area contributed by atoms with Gasteiger partial charge in [0, 0.05) is 0 Å². The average Bonchev–Trinajstić information content (AvgIpc) is 2.31. The molecule has 5 nitrogen and oxygen atoms in total. The smallest absolute Gasteiger partial charge is 0.340 e. The summed E-state index contributed by atoms with van der Waals surface area (Å²) < 4.78 is 4.56. The number of esters is 1. The first-order valence-corrected chi connectivity index (χ1v) is 5.01. The van der Waals surface area contributed by atoms with E-state index >= 15 is 0 Å². The molecule has 0 saturated carbocycles. The molecule has 0 unspecified atom stereocenters. The van der Waals surface area contributed by atoms with Crippen LogP contribution in [0.5, 0.6) is 0 Å². The summed E-state index contributed by atoms with van der Waals surface area (Å²) >= 11 is 5.87. The molecule has 0 bridgehead atoms. The molecule has 0 aliphatic rings. The SMILES string of the molecule is COC(=O)c1cccc(Cl)c1NC(=O)CC#N. The van der Waals surface area contributed by atoms with Crippen LogP contribution in [0.25, 0.3) is 0 Å². The summed E-state index contributed by atoms with van der Waals surface area (Å²) in [5.41, 5.74) is 0.299. The number of methoxy groups -OCH3 is 1. The minimum atomic E-state index is -0.611. The number of benzene rings is 1. The molecule has 0 fully saturated rings. The van der Waals surface area contributed by atoms with Gasteiger partial charge in [-0.25, -0.2) is 4.79 Å². The van der Waals surface area contributed by atoms with Gasteiger partial charge in [0.1, 0.15) is 6.42 Å². The van der Waals surface area contributed by atoms with Crippen molar-refractivity contribution in [1.82, 2.24) is 0 Å². The minimum absolute atomic E-state index is 0.145. The largest absolute Gasteiger partial charge is 0.465 e. The predicted octanol–water partition coefficient (Wildman–Crippen LogP) is 1.98. The van der Waals surface area contributed by atoms with Crippen LogP contribution in [0, 0.1) is 11.3 Å². The number of nitriles is 1. The second-order valence-corrected chi connectivity index (χ2v) is 3.44. The van der Waals surface area contributed by atoms with Crippen LogP contribution in [0.15, 0.2) is 18.2 Å². The van der Waals surface area contributed by atoms with Gasteiger partial charge in [-0.2, -0.15) is 5.26 Å². The van der Waals surface area contributed by atoms with E-state index in [2.05, 4.69) is 10.1 Å². The number of ether oxygens (including phenoxy) is 1. The lowest BCUT2D eigenvalue weighted by atomic mass is 10.1. The Balaban J connectivity index is 3.09. The van der Waals surface area contributed by atoms with Gasteiger partial charge in [0.05, 0.1) is 29.5 Å². The number of carbonyl (C=O) groups is 2. The lowest BCUT2D eigenvalue weighted by Crippen LogP contribution is -2.14. The number of carbonyl (C=O) groups excluding carboxylic acids is 2. The highest BCUT2D eigenvalue weighted by Crippen LogP contribution is 2.26. The van der Waals surface area contributed by atoms with Crippen LogP contribution in [0.4, 0.5) is 5.69 Å². The van der Waals surface area contributed by atoms with E-state index in [1.54, 1.807) is 12.1 Å². The van der Waals surface area contributed by atoms with Crippen LogP contribution in [0.2, 0.25) is 5.02 Å². The molecule has 0 aliphatic carbocycles. The summed E-state index contributed by atoms with van der Waals surface area (Å²) in [4.78, 5) is 22.7. The van der Waals surface area contributed by atoms with Gasteiger partial charge in [0.25, 0.3) is 0 Å². The van der Waals surface area contributed by atoms with Crippen LogP contribution in [-0.2, 0) is 9.53 Å². The molecule has 0 spiro atoms. The zero-order valence-electron chi connectivity index (χ0n) is 8.99. The molecule has 0 heterocycles. The highest BCUT2D eigenvalue weighted by Gasteiger charge is 2.16. The Morgan fingerprint density at radius 1 is 1.53 bits per heavy atom. The molecule has 88 valence electrons. The molecule has 0 saturated heterocycles. The summed E-state index contributed by atoms with van der Waals surface area (Å²) in [6.07, 6.45) is -0.314. The molecule has 0 aromatic heterocycles. The monoisotopic (exact) mass is 252 g/mol. The van der Waals surface area contributed by atoms with Crippen molar-refractivity contribution in [3.63, 3.8) is 0 Å². The van der Waals surface area contributed by atoms with Crippen LogP contribution < -0.4 is 5.32 Å². The Bertz CT molecular complexity index is 494. The van der Waals surface area contributed by atoms with Gasteiger partial charge in [-0.3, -0.25) is 4.79 Å². The van der Waals surface area contributed by atoms with E-state index in [4.69, 9.17) is 16.9 Å². The van der Waals surface area contributed by atoms with Crippen LogP contribution in [0.3, 0.4) is 0 Å². The summed E-state index contributed by atoms with van der Waals surface area (Å²) in [6.45, 7) is 0. The number of halogens is 1. The quantitative estimate of drug-likeness (QED) is 0.834. The second kappa shape index (κ2) is 5.87.